The van der Waals surface area contributed by atoms with E-state index in [4.69, 9.17) is 4.98 Å². The number of rotatable bonds is 5. The maximum absolute atomic E-state index is 5.28. The van der Waals surface area contributed by atoms with Crippen molar-refractivity contribution in [3.63, 3.8) is 0 Å². The number of benzene rings is 8. The Morgan fingerprint density at radius 2 is 0.724 bits per heavy atom. The van der Waals surface area contributed by atoms with Gasteiger partial charge in [0, 0.05) is 16.5 Å². The first kappa shape index (κ1) is 34.2. The van der Waals surface area contributed by atoms with Gasteiger partial charge < -0.3 is 0 Å². The molecule has 0 saturated heterocycles. The minimum Gasteiger partial charge on any atom is -0.248 e. The standard InChI is InChI=1S/C57H41N/c1-56(2)48-24-12-14-26-50(48)57(51-27-15-13-25-49(51)56)47-34-33-43(40-31-29-39(30-32-40)38-17-6-3-7-18-38)35-46(47)55-45(23-16-28-52(55)57)44-36-53(41-19-8-4-9-20-41)58-54(37-44)42-21-10-5-11-22-42/h3-37H,1-2H3. The molecular weight excluding hydrogens is 699 g/mol. The van der Waals surface area contributed by atoms with Crippen LogP contribution in [-0.4, -0.2) is 4.98 Å². The van der Waals surface area contributed by atoms with Gasteiger partial charge in [-0.3, -0.25) is 0 Å². The molecule has 9 aromatic rings. The van der Waals surface area contributed by atoms with Gasteiger partial charge in [0.2, 0.25) is 0 Å². The highest BCUT2D eigenvalue weighted by Crippen LogP contribution is 2.63. The smallest absolute Gasteiger partial charge is 0.0719 e. The molecule has 0 fully saturated rings. The van der Waals surface area contributed by atoms with Crippen molar-refractivity contribution in [3.8, 4) is 67.0 Å². The van der Waals surface area contributed by atoms with Gasteiger partial charge in [0.25, 0.3) is 0 Å². The summed E-state index contributed by atoms with van der Waals surface area (Å²) < 4.78 is 0. The van der Waals surface area contributed by atoms with Crippen molar-refractivity contribution in [3.05, 3.63) is 246 Å². The molecule has 0 amide bonds. The summed E-state index contributed by atoms with van der Waals surface area (Å²) in [6, 6.07) is 78.1. The Hall–Kier alpha value is -7.09. The molecular formula is C57H41N. The molecule has 0 bridgehead atoms. The Balaban J connectivity index is 1.21. The average molecular weight is 740 g/mol. The first-order valence-electron chi connectivity index (χ1n) is 20.3. The molecule has 0 radical (unpaired) electrons. The molecule has 2 aliphatic rings. The van der Waals surface area contributed by atoms with Crippen LogP contribution >= 0.6 is 0 Å². The third-order valence-electron chi connectivity index (χ3n) is 12.8. The third-order valence-corrected chi connectivity index (χ3v) is 12.8. The SMILES string of the molecule is CC1(C)c2ccccc2C2(c3ccc(-c4ccc(-c5ccccc5)cc4)cc3-c3c(-c4cc(-c5ccccc5)nc(-c5ccccc5)c4)cccc32)c2ccccc21. The van der Waals surface area contributed by atoms with E-state index in [9.17, 15) is 0 Å². The van der Waals surface area contributed by atoms with Crippen LogP contribution in [0.5, 0.6) is 0 Å². The Morgan fingerprint density at radius 3 is 1.28 bits per heavy atom. The van der Waals surface area contributed by atoms with Crippen LogP contribution in [0.4, 0.5) is 0 Å². The van der Waals surface area contributed by atoms with Crippen LogP contribution in [-0.2, 0) is 10.8 Å². The van der Waals surface area contributed by atoms with E-state index >= 15 is 0 Å². The minimum absolute atomic E-state index is 0.167. The molecule has 1 aromatic heterocycles. The summed E-state index contributed by atoms with van der Waals surface area (Å²) in [5, 5.41) is 0. The van der Waals surface area contributed by atoms with Gasteiger partial charge in [-0.15, -0.1) is 0 Å². The fourth-order valence-electron chi connectivity index (χ4n) is 10.1. The molecule has 1 spiro atoms. The summed E-state index contributed by atoms with van der Waals surface area (Å²) in [5.74, 6) is 0. The van der Waals surface area contributed by atoms with Gasteiger partial charge in [-0.1, -0.05) is 208 Å². The van der Waals surface area contributed by atoms with Crippen molar-refractivity contribution >= 4 is 0 Å². The molecule has 58 heavy (non-hydrogen) atoms. The van der Waals surface area contributed by atoms with Crippen molar-refractivity contribution in [1.29, 1.82) is 0 Å². The van der Waals surface area contributed by atoms with E-state index in [-0.39, 0.29) is 5.41 Å². The minimum atomic E-state index is -0.503. The fraction of sp³-hybridized carbons (Fsp3) is 0.0702. The van der Waals surface area contributed by atoms with Gasteiger partial charge >= 0.3 is 0 Å². The monoisotopic (exact) mass is 739 g/mol. The lowest BCUT2D eigenvalue weighted by Gasteiger charge is -2.46. The van der Waals surface area contributed by atoms with E-state index < -0.39 is 5.41 Å². The van der Waals surface area contributed by atoms with Crippen molar-refractivity contribution in [1.82, 2.24) is 4.98 Å². The lowest BCUT2D eigenvalue weighted by Crippen LogP contribution is -2.40. The third kappa shape index (κ3) is 5.13. The zero-order valence-corrected chi connectivity index (χ0v) is 32.7. The first-order valence-corrected chi connectivity index (χ1v) is 20.3. The van der Waals surface area contributed by atoms with E-state index in [1.807, 2.05) is 0 Å². The lowest BCUT2D eigenvalue weighted by atomic mass is 9.55. The number of hydrogen-bond donors (Lipinski definition) is 0. The van der Waals surface area contributed by atoms with Crippen molar-refractivity contribution in [2.45, 2.75) is 24.7 Å². The van der Waals surface area contributed by atoms with Gasteiger partial charge in [0.1, 0.15) is 0 Å². The van der Waals surface area contributed by atoms with E-state index in [0.717, 1.165) is 28.1 Å². The van der Waals surface area contributed by atoms with Crippen LogP contribution in [0.25, 0.3) is 67.0 Å². The van der Waals surface area contributed by atoms with E-state index in [0.29, 0.717) is 0 Å². The Kier molecular flexibility index (Phi) is 7.81. The second-order valence-corrected chi connectivity index (χ2v) is 16.3. The zero-order valence-electron chi connectivity index (χ0n) is 32.7. The normalized spacial score (nSPS) is 14.0. The highest BCUT2D eigenvalue weighted by Gasteiger charge is 2.53. The summed E-state index contributed by atoms with van der Waals surface area (Å²) in [5.41, 5.74) is 21.4. The maximum atomic E-state index is 5.28. The fourth-order valence-corrected chi connectivity index (χ4v) is 10.1. The molecule has 0 unspecified atom stereocenters. The largest absolute Gasteiger partial charge is 0.248 e. The average Bonchev–Trinajstić information content (AvgIpc) is 3.59. The van der Waals surface area contributed by atoms with Crippen LogP contribution in [0.3, 0.4) is 0 Å². The van der Waals surface area contributed by atoms with Crippen LogP contribution in [0.15, 0.2) is 212 Å². The van der Waals surface area contributed by atoms with Crippen molar-refractivity contribution in [2.75, 3.05) is 0 Å². The van der Waals surface area contributed by atoms with Gasteiger partial charge in [0.15, 0.2) is 0 Å². The molecule has 1 nitrogen and oxygen atoms in total. The molecule has 1 heteroatoms. The van der Waals surface area contributed by atoms with Gasteiger partial charge in [-0.2, -0.15) is 0 Å². The van der Waals surface area contributed by atoms with Crippen LogP contribution in [0.1, 0.15) is 47.2 Å². The molecule has 1 heterocycles. The summed E-state index contributed by atoms with van der Waals surface area (Å²) in [6.07, 6.45) is 0. The summed E-state index contributed by atoms with van der Waals surface area (Å²) in [7, 11) is 0. The first-order chi connectivity index (χ1) is 28.5. The number of hydrogen-bond acceptors (Lipinski definition) is 1. The van der Waals surface area contributed by atoms with Crippen molar-refractivity contribution in [2.24, 2.45) is 0 Å². The molecule has 0 N–H and O–H groups in total. The highest BCUT2D eigenvalue weighted by atomic mass is 14.7. The zero-order chi connectivity index (χ0) is 38.8. The highest BCUT2D eigenvalue weighted by molar-refractivity contribution is 5.98. The number of aromatic nitrogens is 1. The second kappa shape index (κ2) is 13.3. The summed E-state index contributed by atoms with van der Waals surface area (Å²) >= 11 is 0. The topological polar surface area (TPSA) is 12.9 Å². The summed E-state index contributed by atoms with van der Waals surface area (Å²) in [6.45, 7) is 4.78. The Morgan fingerprint density at radius 1 is 0.293 bits per heavy atom. The lowest BCUT2D eigenvalue weighted by molar-refractivity contribution is 0.563. The van der Waals surface area contributed by atoms with Crippen LogP contribution in [0, 0.1) is 0 Å². The number of pyridine rings is 1. The van der Waals surface area contributed by atoms with E-state index in [1.54, 1.807) is 0 Å². The number of fused-ring (bicyclic) bond motifs is 9. The van der Waals surface area contributed by atoms with E-state index in [1.165, 1.54) is 72.3 Å². The second-order valence-electron chi connectivity index (χ2n) is 16.3. The molecule has 0 atom stereocenters. The van der Waals surface area contributed by atoms with Crippen LogP contribution < -0.4 is 0 Å². The molecule has 0 saturated carbocycles. The van der Waals surface area contributed by atoms with Crippen molar-refractivity contribution < 1.29 is 0 Å². The van der Waals surface area contributed by atoms with E-state index in [2.05, 4.69) is 226 Å². The predicted molar refractivity (Wildman–Crippen MR) is 241 cm³/mol. The summed E-state index contributed by atoms with van der Waals surface area (Å²) in [4.78, 5) is 5.28. The number of nitrogens with zero attached hydrogens (tertiary/aromatic N) is 1. The molecule has 0 aliphatic heterocycles. The maximum Gasteiger partial charge on any atom is 0.0719 e. The predicted octanol–water partition coefficient (Wildman–Crippen LogP) is 14.4. The van der Waals surface area contributed by atoms with Gasteiger partial charge in [-0.25, -0.2) is 4.98 Å². The van der Waals surface area contributed by atoms with Gasteiger partial charge in [0.05, 0.1) is 16.8 Å². The Bertz CT molecular complexity index is 2890. The van der Waals surface area contributed by atoms with Crippen LogP contribution in [0.2, 0.25) is 0 Å². The Labute approximate surface area is 341 Å². The molecule has 8 aromatic carbocycles. The molecule has 2 aliphatic carbocycles. The quantitative estimate of drug-likeness (QED) is 0.171. The molecule has 11 rings (SSSR count). The van der Waals surface area contributed by atoms with Gasteiger partial charge in [-0.05, 0) is 96.1 Å². The molecule has 274 valence electrons.